The number of fused-ring (bicyclic) bond motifs is 4. The Morgan fingerprint density at radius 1 is 1.14 bits per heavy atom. The number of nitrogens with zero attached hydrogens (tertiary/aromatic N) is 4. The minimum atomic E-state index is -0.0969. The van der Waals surface area contributed by atoms with E-state index in [2.05, 4.69) is 45.4 Å². The van der Waals surface area contributed by atoms with Crippen molar-refractivity contribution in [1.82, 2.24) is 20.0 Å². The minimum Gasteiger partial charge on any atom is -0.417 e. The van der Waals surface area contributed by atoms with Crippen molar-refractivity contribution in [3.8, 4) is 0 Å². The molecule has 0 aliphatic carbocycles. The highest BCUT2D eigenvalue weighted by molar-refractivity contribution is 5.89. The second kappa shape index (κ2) is 7.32. The van der Waals surface area contributed by atoms with Crippen molar-refractivity contribution in [3.05, 3.63) is 47.7 Å². The van der Waals surface area contributed by atoms with Crippen LogP contribution in [-0.2, 0) is 6.42 Å². The molecule has 148 valence electrons. The molecular formula is C22H28N4O2. The highest BCUT2D eigenvalue weighted by atomic mass is 16.4. The lowest BCUT2D eigenvalue weighted by atomic mass is 9.74. The van der Waals surface area contributed by atoms with Gasteiger partial charge in [-0.25, -0.2) is 0 Å². The molecule has 3 aliphatic heterocycles. The average Bonchev–Trinajstić information content (AvgIpc) is 3.15. The highest BCUT2D eigenvalue weighted by Gasteiger charge is 2.45. The van der Waals surface area contributed by atoms with E-state index < -0.39 is 0 Å². The summed E-state index contributed by atoms with van der Waals surface area (Å²) < 4.78 is 5.39. The molecule has 5 rings (SSSR count). The Kier molecular flexibility index (Phi) is 4.67. The molecule has 0 radical (unpaired) electrons. The molecule has 28 heavy (non-hydrogen) atoms. The Hall–Kier alpha value is -2.21. The summed E-state index contributed by atoms with van der Waals surface area (Å²) >= 11 is 0. The predicted octanol–water partition coefficient (Wildman–Crippen LogP) is 2.94. The van der Waals surface area contributed by atoms with Gasteiger partial charge in [0.2, 0.25) is 5.89 Å². The SMILES string of the molecule is Cc1nnc(C(=O)N2C[C@@H]3C[C@H](C2)[C@@H]2CCC[C@H](Cc4ccccc4)N2C3)o1. The largest absolute Gasteiger partial charge is 0.417 e. The van der Waals surface area contributed by atoms with Gasteiger partial charge in [0.25, 0.3) is 0 Å². The number of carbonyl (C=O) groups excluding carboxylic acids is 1. The maximum atomic E-state index is 12.8. The second-order valence-electron chi connectivity index (χ2n) is 8.74. The summed E-state index contributed by atoms with van der Waals surface area (Å²) in [7, 11) is 0. The zero-order chi connectivity index (χ0) is 19.1. The van der Waals surface area contributed by atoms with Crippen molar-refractivity contribution in [2.45, 2.75) is 51.1 Å². The molecule has 3 aliphatic rings. The van der Waals surface area contributed by atoms with E-state index in [1.807, 2.05) is 4.90 Å². The van der Waals surface area contributed by atoms with Crippen LogP contribution in [0.1, 0.15) is 47.8 Å². The number of benzene rings is 1. The number of amides is 1. The van der Waals surface area contributed by atoms with Crippen LogP contribution in [-0.4, -0.2) is 57.6 Å². The molecule has 0 spiro atoms. The maximum absolute atomic E-state index is 12.8. The monoisotopic (exact) mass is 380 g/mol. The predicted molar refractivity (Wildman–Crippen MR) is 105 cm³/mol. The van der Waals surface area contributed by atoms with Crippen LogP contribution in [0.5, 0.6) is 0 Å². The molecule has 6 heteroatoms. The lowest BCUT2D eigenvalue weighted by molar-refractivity contribution is -0.0504. The van der Waals surface area contributed by atoms with Gasteiger partial charge < -0.3 is 9.32 Å². The minimum absolute atomic E-state index is 0.0969. The van der Waals surface area contributed by atoms with Gasteiger partial charge in [-0.15, -0.1) is 10.2 Å². The molecule has 4 heterocycles. The molecule has 2 aromatic rings. The van der Waals surface area contributed by atoms with Crippen molar-refractivity contribution < 1.29 is 9.21 Å². The number of rotatable bonds is 3. The molecule has 1 aromatic heterocycles. The van der Waals surface area contributed by atoms with Crippen LogP contribution in [0.2, 0.25) is 0 Å². The fraction of sp³-hybridized carbons (Fsp3) is 0.591. The lowest BCUT2D eigenvalue weighted by Crippen LogP contribution is -2.62. The normalized spacial score (nSPS) is 30.1. The van der Waals surface area contributed by atoms with E-state index in [4.69, 9.17) is 4.42 Å². The molecule has 3 fully saturated rings. The number of hydrogen-bond donors (Lipinski definition) is 0. The van der Waals surface area contributed by atoms with E-state index >= 15 is 0 Å². The van der Waals surface area contributed by atoms with Crippen molar-refractivity contribution in [1.29, 1.82) is 0 Å². The Morgan fingerprint density at radius 2 is 2.00 bits per heavy atom. The van der Waals surface area contributed by atoms with Gasteiger partial charge in [0.15, 0.2) is 0 Å². The van der Waals surface area contributed by atoms with E-state index in [0.29, 0.717) is 29.8 Å². The van der Waals surface area contributed by atoms with Crippen molar-refractivity contribution in [2.75, 3.05) is 19.6 Å². The van der Waals surface area contributed by atoms with Gasteiger partial charge in [-0.05, 0) is 43.1 Å². The van der Waals surface area contributed by atoms with Gasteiger partial charge >= 0.3 is 11.8 Å². The standard InChI is InChI=1S/C22H28N4O2/c1-15-23-24-21(28-15)22(27)25-12-17-10-18(14-25)20-9-5-8-19(26(20)13-17)11-16-6-3-2-4-7-16/h2-4,6-7,17-20H,5,8-14H2,1H3/t17-,18+,19+,20-/m0/s1. The van der Waals surface area contributed by atoms with Crippen LogP contribution < -0.4 is 0 Å². The molecule has 2 bridgehead atoms. The Labute approximate surface area is 165 Å². The number of hydrogen-bond acceptors (Lipinski definition) is 5. The van der Waals surface area contributed by atoms with Gasteiger partial charge in [0.1, 0.15) is 0 Å². The molecule has 0 unspecified atom stereocenters. The second-order valence-corrected chi connectivity index (χ2v) is 8.74. The topological polar surface area (TPSA) is 62.5 Å². The van der Waals surface area contributed by atoms with E-state index in [-0.39, 0.29) is 11.8 Å². The van der Waals surface area contributed by atoms with E-state index in [1.54, 1.807) is 6.92 Å². The highest BCUT2D eigenvalue weighted by Crippen LogP contribution is 2.40. The van der Waals surface area contributed by atoms with Crippen molar-refractivity contribution >= 4 is 5.91 Å². The summed E-state index contributed by atoms with van der Waals surface area (Å²) in [6, 6.07) is 12.1. The van der Waals surface area contributed by atoms with Gasteiger partial charge in [0.05, 0.1) is 0 Å². The van der Waals surface area contributed by atoms with Crippen LogP contribution >= 0.6 is 0 Å². The summed E-state index contributed by atoms with van der Waals surface area (Å²) in [6.45, 7) is 4.45. The first-order chi connectivity index (χ1) is 13.7. The molecule has 0 saturated carbocycles. The molecular weight excluding hydrogens is 352 g/mol. The number of piperidine rings is 3. The lowest BCUT2D eigenvalue weighted by Gasteiger charge is -2.55. The molecule has 1 aromatic carbocycles. The van der Waals surface area contributed by atoms with Crippen LogP contribution in [0, 0.1) is 18.8 Å². The quantitative estimate of drug-likeness (QED) is 0.819. The Morgan fingerprint density at radius 3 is 2.79 bits per heavy atom. The van der Waals surface area contributed by atoms with Crippen LogP contribution in [0.4, 0.5) is 0 Å². The van der Waals surface area contributed by atoms with Gasteiger partial charge in [-0.2, -0.15) is 0 Å². The Bertz CT molecular complexity index is 836. The maximum Gasteiger partial charge on any atom is 0.311 e. The summed E-state index contributed by atoms with van der Waals surface area (Å²) in [4.78, 5) is 17.6. The number of aryl methyl sites for hydroxylation is 1. The summed E-state index contributed by atoms with van der Waals surface area (Å²) in [5.41, 5.74) is 1.44. The summed E-state index contributed by atoms with van der Waals surface area (Å²) in [5.74, 6) is 1.58. The van der Waals surface area contributed by atoms with Crippen molar-refractivity contribution in [3.63, 3.8) is 0 Å². The van der Waals surface area contributed by atoms with Crippen LogP contribution in [0.3, 0.4) is 0 Å². The molecule has 3 saturated heterocycles. The third-order valence-corrected chi connectivity index (χ3v) is 6.83. The van der Waals surface area contributed by atoms with Crippen LogP contribution in [0.15, 0.2) is 34.7 Å². The third-order valence-electron chi connectivity index (χ3n) is 6.83. The van der Waals surface area contributed by atoms with Crippen molar-refractivity contribution in [2.24, 2.45) is 11.8 Å². The summed E-state index contributed by atoms with van der Waals surface area (Å²) in [6.07, 6.45) is 6.21. The number of carbonyl (C=O) groups is 1. The fourth-order valence-corrected chi connectivity index (χ4v) is 5.70. The van der Waals surface area contributed by atoms with E-state index in [9.17, 15) is 4.79 Å². The van der Waals surface area contributed by atoms with E-state index in [1.165, 1.54) is 31.2 Å². The smallest absolute Gasteiger partial charge is 0.311 e. The zero-order valence-electron chi connectivity index (χ0n) is 16.5. The average molecular weight is 380 g/mol. The van der Waals surface area contributed by atoms with Crippen LogP contribution in [0.25, 0.3) is 0 Å². The molecule has 4 atom stereocenters. The number of likely N-dealkylation sites (tertiary alicyclic amines) is 1. The molecule has 0 N–H and O–H groups in total. The fourth-order valence-electron chi connectivity index (χ4n) is 5.70. The molecule has 1 amide bonds. The molecule has 6 nitrogen and oxygen atoms in total. The Balaban J connectivity index is 1.31. The first-order valence-electron chi connectivity index (χ1n) is 10.6. The first-order valence-corrected chi connectivity index (χ1v) is 10.6. The van der Waals surface area contributed by atoms with Gasteiger partial charge in [-0.3, -0.25) is 9.69 Å². The van der Waals surface area contributed by atoms with Gasteiger partial charge in [-0.1, -0.05) is 36.8 Å². The number of aromatic nitrogens is 2. The first kappa shape index (κ1) is 17.9. The van der Waals surface area contributed by atoms with E-state index in [0.717, 1.165) is 26.1 Å². The zero-order valence-corrected chi connectivity index (χ0v) is 16.5. The summed E-state index contributed by atoms with van der Waals surface area (Å²) in [5, 5.41) is 7.75. The van der Waals surface area contributed by atoms with Gasteiger partial charge in [0, 0.05) is 38.6 Å². The third kappa shape index (κ3) is 3.34.